The number of rotatable bonds is 8. The van der Waals surface area contributed by atoms with E-state index in [2.05, 4.69) is 32.9 Å². The van der Waals surface area contributed by atoms with E-state index >= 15 is 0 Å². The molecule has 0 aliphatic rings. The van der Waals surface area contributed by atoms with Crippen LogP contribution in [0.25, 0.3) is 0 Å². The molecular weight excluding hydrogens is 287 g/mol. The molecule has 16 heavy (non-hydrogen) atoms. The molecule has 2 unspecified atom stereocenters. The molecule has 98 valence electrons. The van der Waals surface area contributed by atoms with Crippen molar-refractivity contribution in [2.45, 2.75) is 43.7 Å². The molecule has 0 fully saturated rings. The van der Waals surface area contributed by atoms with Gasteiger partial charge in [0.15, 0.2) is 0 Å². The van der Waals surface area contributed by atoms with Crippen LogP contribution >= 0.6 is 15.9 Å². The maximum absolute atomic E-state index is 11.7. The van der Waals surface area contributed by atoms with Crippen molar-refractivity contribution in [3.8, 4) is 0 Å². The van der Waals surface area contributed by atoms with Crippen molar-refractivity contribution in [1.82, 2.24) is 5.32 Å². The lowest BCUT2D eigenvalue weighted by atomic mass is 10.2. The van der Waals surface area contributed by atoms with E-state index in [4.69, 9.17) is 0 Å². The predicted molar refractivity (Wildman–Crippen MR) is 62.0 cm³/mol. The van der Waals surface area contributed by atoms with Gasteiger partial charge in [0.25, 0.3) is 0 Å². The molecule has 0 radical (unpaired) electrons. The van der Waals surface area contributed by atoms with Gasteiger partial charge < -0.3 is 10.1 Å². The monoisotopic (exact) mass is 305 g/mol. The van der Waals surface area contributed by atoms with Gasteiger partial charge >= 0.3 is 6.18 Å². The third-order valence-electron chi connectivity index (χ3n) is 1.90. The molecule has 0 aliphatic carbocycles. The van der Waals surface area contributed by atoms with Crippen LogP contribution in [-0.4, -0.2) is 36.8 Å². The van der Waals surface area contributed by atoms with Crippen LogP contribution in [0.2, 0.25) is 0 Å². The van der Waals surface area contributed by atoms with Gasteiger partial charge in [-0.15, -0.1) is 0 Å². The van der Waals surface area contributed by atoms with Crippen LogP contribution in [0.1, 0.15) is 26.7 Å². The maximum Gasteiger partial charge on any atom is 0.411 e. The summed E-state index contributed by atoms with van der Waals surface area (Å²) in [7, 11) is 0. The normalized spacial score (nSPS) is 16.1. The van der Waals surface area contributed by atoms with E-state index in [0.717, 1.165) is 6.42 Å². The molecule has 0 aromatic heterocycles. The van der Waals surface area contributed by atoms with Crippen LogP contribution in [0.3, 0.4) is 0 Å². The zero-order chi connectivity index (χ0) is 12.6. The van der Waals surface area contributed by atoms with Crippen LogP contribution in [0, 0.1) is 0 Å². The van der Waals surface area contributed by atoms with Crippen LogP contribution in [0.15, 0.2) is 0 Å². The first kappa shape index (κ1) is 16.2. The third kappa shape index (κ3) is 12.3. The second kappa shape index (κ2) is 8.31. The minimum Gasteiger partial charge on any atom is -0.372 e. The Labute approximate surface area is 103 Å². The molecule has 2 atom stereocenters. The summed E-state index contributed by atoms with van der Waals surface area (Å²) < 4.78 is 39.6. The van der Waals surface area contributed by atoms with Gasteiger partial charge in [-0.25, -0.2) is 0 Å². The molecule has 2 nitrogen and oxygen atoms in total. The fourth-order valence-electron chi connectivity index (χ4n) is 1.28. The molecule has 0 heterocycles. The second-order valence-electron chi connectivity index (χ2n) is 3.89. The lowest BCUT2D eigenvalue weighted by Crippen LogP contribution is -2.29. The van der Waals surface area contributed by atoms with E-state index < -0.39 is 12.8 Å². The highest BCUT2D eigenvalue weighted by Gasteiger charge is 2.27. The molecule has 0 saturated carbocycles. The first-order chi connectivity index (χ1) is 7.31. The fraction of sp³-hybridized carbons (Fsp3) is 1.00. The highest BCUT2D eigenvalue weighted by Crippen LogP contribution is 2.14. The Bertz CT molecular complexity index is 176. The van der Waals surface area contributed by atoms with Crippen molar-refractivity contribution in [3.63, 3.8) is 0 Å². The first-order valence-corrected chi connectivity index (χ1v) is 6.25. The summed E-state index contributed by atoms with van der Waals surface area (Å²) in [4.78, 5) is 0.441. The zero-order valence-electron chi connectivity index (χ0n) is 9.61. The first-order valence-electron chi connectivity index (χ1n) is 5.33. The summed E-state index contributed by atoms with van der Waals surface area (Å²) in [5.41, 5.74) is 0. The molecule has 0 saturated heterocycles. The summed E-state index contributed by atoms with van der Waals surface area (Å²) >= 11 is 3.44. The van der Waals surface area contributed by atoms with Crippen molar-refractivity contribution < 1.29 is 17.9 Å². The third-order valence-corrected chi connectivity index (χ3v) is 2.28. The smallest absolute Gasteiger partial charge is 0.372 e. The fourth-order valence-corrected chi connectivity index (χ4v) is 1.84. The zero-order valence-corrected chi connectivity index (χ0v) is 11.2. The van der Waals surface area contributed by atoms with E-state index in [1.54, 1.807) is 0 Å². The average molecular weight is 306 g/mol. The minimum atomic E-state index is -4.22. The van der Waals surface area contributed by atoms with Gasteiger partial charge in [-0.1, -0.05) is 22.9 Å². The SMILES string of the molecule is CC(Br)CC(C)NCCCOCC(F)(F)F. The Morgan fingerprint density at radius 2 is 1.94 bits per heavy atom. The van der Waals surface area contributed by atoms with E-state index in [9.17, 15) is 13.2 Å². The maximum atomic E-state index is 11.7. The Morgan fingerprint density at radius 1 is 1.31 bits per heavy atom. The minimum absolute atomic E-state index is 0.142. The molecule has 0 aromatic rings. The molecule has 0 amide bonds. The van der Waals surface area contributed by atoms with Gasteiger partial charge in [-0.05, 0) is 26.3 Å². The lowest BCUT2D eigenvalue weighted by Gasteiger charge is -2.15. The standard InChI is InChI=1S/C10H19BrF3NO/c1-8(11)6-9(2)15-4-3-5-16-7-10(12,13)14/h8-9,15H,3-7H2,1-2H3. The Morgan fingerprint density at radius 3 is 2.44 bits per heavy atom. The van der Waals surface area contributed by atoms with Gasteiger partial charge in [0.05, 0.1) is 0 Å². The molecule has 1 N–H and O–H groups in total. The summed E-state index contributed by atoms with van der Waals surface area (Å²) in [6, 6.07) is 0.358. The van der Waals surface area contributed by atoms with Gasteiger partial charge in [-0.2, -0.15) is 13.2 Å². The van der Waals surface area contributed by atoms with Gasteiger partial charge in [0.1, 0.15) is 6.61 Å². The number of ether oxygens (including phenoxy) is 1. The highest BCUT2D eigenvalue weighted by molar-refractivity contribution is 9.09. The molecular formula is C10H19BrF3NO. The Kier molecular flexibility index (Phi) is 8.40. The van der Waals surface area contributed by atoms with Crippen molar-refractivity contribution in [2.75, 3.05) is 19.8 Å². The average Bonchev–Trinajstić information content (AvgIpc) is 2.07. The van der Waals surface area contributed by atoms with Gasteiger partial charge in [0, 0.05) is 17.5 Å². The summed E-state index contributed by atoms with van der Waals surface area (Å²) in [6.07, 6.45) is -2.63. The summed E-state index contributed by atoms with van der Waals surface area (Å²) in [6.45, 7) is 3.78. The molecule has 0 aromatic carbocycles. The largest absolute Gasteiger partial charge is 0.411 e. The van der Waals surface area contributed by atoms with Crippen molar-refractivity contribution in [2.24, 2.45) is 0 Å². The Hall–Kier alpha value is 0.190. The predicted octanol–water partition coefficient (Wildman–Crippen LogP) is 3.11. The number of hydrogen-bond acceptors (Lipinski definition) is 2. The topological polar surface area (TPSA) is 21.3 Å². The van der Waals surface area contributed by atoms with Crippen molar-refractivity contribution in [3.05, 3.63) is 0 Å². The van der Waals surface area contributed by atoms with E-state index in [-0.39, 0.29) is 6.61 Å². The molecule has 6 heteroatoms. The second-order valence-corrected chi connectivity index (χ2v) is 5.46. The van der Waals surface area contributed by atoms with Crippen LogP contribution in [-0.2, 0) is 4.74 Å². The molecule has 0 rings (SSSR count). The van der Waals surface area contributed by atoms with E-state index in [1.165, 1.54) is 0 Å². The van der Waals surface area contributed by atoms with Gasteiger partial charge in [0.2, 0.25) is 0 Å². The van der Waals surface area contributed by atoms with E-state index in [1.807, 2.05) is 6.92 Å². The molecule has 0 bridgehead atoms. The van der Waals surface area contributed by atoms with E-state index in [0.29, 0.717) is 23.8 Å². The van der Waals surface area contributed by atoms with Gasteiger partial charge in [-0.3, -0.25) is 0 Å². The number of nitrogens with one attached hydrogen (secondary N) is 1. The lowest BCUT2D eigenvalue weighted by molar-refractivity contribution is -0.173. The van der Waals surface area contributed by atoms with Crippen LogP contribution < -0.4 is 5.32 Å². The van der Waals surface area contributed by atoms with Crippen LogP contribution in [0.4, 0.5) is 13.2 Å². The summed E-state index contributed by atoms with van der Waals surface area (Å²) in [5, 5.41) is 3.22. The van der Waals surface area contributed by atoms with Crippen molar-refractivity contribution >= 4 is 15.9 Å². The highest BCUT2D eigenvalue weighted by atomic mass is 79.9. The van der Waals surface area contributed by atoms with Crippen LogP contribution in [0.5, 0.6) is 0 Å². The van der Waals surface area contributed by atoms with Crippen molar-refractivity contribution in [1.29, 1.82) is 0 Å². The number of hydrogen-bond donors (Lipinski definition) is 1. The Balaban J connectivity index is 3.27. The molecule has 0 spiro atoms. The number of halogens is 4. The summed E-state index contributed by atoms with van der Waals surface area (Å²) in [5.74, 6) is 0. The number of alkyl halides is 4. The quantitative estimate of drug-likeness (QED) is 0.549. The molecule has 0 aliphatic heterocycles.